The first-order valence-electron chi connectivity index (χ1n) is 8.24. The number of fused-ring (bicyclic) bond motifs is 2. The van der Waals surface area contributed by atoms with Gasteiger partial charge in [0.2, 0.25) is 0 Å². The normalized spacial score (nSPS) is 48.6. The highest BCUT2D eigenvalue weighted by Gasteiger charge is 2.59. The summed E-state index contributed by atoms with van der Waals surface area (Å²) in [5, 5.41) is 5.05. The molecule has 0 radical (unpaired) electrons. The second kappa shape index (κ2) is 4.94. The molecule has 0 aromatic carbocycles. The second-order valence-corrected chi connectivity index (χ2v) is 9.36. The minimum Gasteiger partial charge on any atom is -0.310 e. The van der Waals surface area contributed by atoms with Crippen molar-refractivity contribution in [1.82, 2.24) is 5.32 Å². The van der Waals surface area contributed by atoms with E-state index in [1.165, 1.54) is 44.9 Å². The van der Waals surface area contributed by atoms with Crippen molar-refractivity contribution < 1.29 is 0 Å². The van der Waals surface area contributed by atoms with E-state index in [0.29, 0.717) is 10.8 Å². The Balaban J connectivity index is 1.64. The number of nitrogens with one attached hydrogen (secondary N) is 1. The van der Waals surface area contributed by atoms with E-state index in [1.54, 1.807) is 0 Å². The summed E-state index contributed by atoms with van der Waals surface area (Å²) in [5.74, 6) is 0.970. The third-order valence-electron chi connectivity index (χ3n) is 6.68. The van der Waals surface area contributed by atoms with Gasteiger partial charge in [-0.2, -0.15) is 11.8 Å². The maximum Gasteiger partial charge on any atom is 0.0177 e. The van der Waals surface area contributed by atoms with Crippen LogP contribution in [0.2, 0.25) is 0 Å². The van der Waals surface area contributed by atoms with E-state index >= 15 is 0 Å². The van der Waals surface area contributed by atoms with Gasteiger partial charge >= 0.3 is 0 Å². The fourth-order valence-electron chi connectivity index (χ4n) is 5.42. The highest BCUT2D eigenvalue weighted by molar-refractivity contribution is 7.99. The molecule has 0 saturated heterocycles. The monoisotopic (exact) mass is 281 g/mol. The van der Waals surface area contributed by atoms with Gasteiger partial charge in [0.15, 0.2) is 0 Å². The molecule has 3 atom stereocenters. The highest BCUT2D eigenvalue weighted by Crippen LogP contribution is 2.62. The Kier molecular flexibility index (Phi) is 3.71. The largest absolute Gasteiger partial charge is 0.310 e. The zero-order chi connectivity index (χ0) is 13.7. The predicted molar refractivity (Wildman–Crippen MR) is 85.7 cm³/mol. The van der Waals surface area contributed by atoms with Crippen LogP contribution in [0.1, 0.15) is 65.7 Å². The first-order valence-corrected chi connectivity index (χ1v) is 9.53. The zero-order valence-electron chi connectivity index (χ0n) is 13.2. The fourth-order valence-corrected chi connectivity index (χ4v) is 6.16. The van der Waals surface area contributed by atoms with E-state index in [1.807, 2.05) is 0 Å². The van der Waals surface area contributed by atoms with Gasteiger partial charge in [0.1, 0.15) is 0 Å². The molecule has 0 heterocycles. The Hall–Kier alpha value is 0.310. The first-order chi connectivity index (χ1) is 8.95. The summed E-state index contributed by atoms with van der Waals surface area (Å²) in [6.45, 7) is 7.59. The molecule has 3 fully saturated rings. The number of thioether (sulfide) groups is 1. The number of rotatable bonds is 3. The van der Waals surface area contributed by atoms with E-state index in [4.69, 9.17) is 0 Å². The Bertz CT molecular complexity index is 327. The molecular formula is C17H31NS. The number of hydrogen-bond donors (Lipinski definition) is 1. The van der Waals surface area contributed by atoms with Crippen LogP contribution in [0.5, 0.6) is 0 Å². The molecule has 3 saturated carbocycles. The molecule has 2 bridgehead atoms. The maximum absolute atomic E-state index is 4.12. The second-order valence-electron chi connectivity index (χ2n) is 8.22. The minimum atomic E-state index is 0.517. The molecule has 1 nitrogen and oxygen atoms in total. The van der Waals surface area contributed by atoms with Crippen molar-refractivity contribution in [1.29, 1.82) is 0 Å². The smallest absolute Gasteiger partial charge is 0.0177 e. The van der Waals surface area contributed by atoms with Crippen LogP contribution in [0.25, 0.3) is 0 Å². The summed E-state index contributed by atoms with van der Waals surface area (Å²) < 4.78 is 0. The van der Waals surface area contributed by atoms with Gasteiger partial charge in [0.25, 0.3) is 0 Å². The summed E-state index contributed by atoms with van der Waals surface area (Å²) in [5.41, 5.74) is 1.11. The maximum atomic E-state index is 4.12. The van der Waals surface area contributed by atoms with Crippen LogP contribution in [0.4, 0.5) is 0 Å². The van der Waals surface area contributed by atoms with Crippen molar-refractivity contribution >= 4 is 11.8 Å². The van der Waals surface area contributed by atoms with Crippen molar-refractivity contribution in [3.8, 4) is 0 Å². The molecule has 110 valence electrons. The molecule has 0 aliphatic heterocycles. The van der Waals surface area contributed by atoms with Gasteiger partial charge < -0.3 is 5.32 Å². The molecular weight excluding hydrogens is 250 g/mol. The molecule has 3 rings (SSSR count). The molecule has 3 aliphatic rings. The molecule has 0 amide bonds. The summed E-state index contributed by atoms with van der Waals surface area (Å²) in [7, 11) is 0. The summed E-state index contributed by atoms with van der Waals surface area (Å²) in [4.78, 5) is 0. The van der Waals surface area contributed by atoms with E-state index in [-0.39, 0.29) is 0 Å². The van der Waals surface area contributed by atoms with Crippen LogP contribution in [0, 0.1) is 16.7 Å². The molecule has 3 aliphatic carbocycles. The minimum absolute atomic E-state index is 0.517. The van der Waals surface area contributed by atoms with Gasteiger partial charge in [-0.05, 0) is 67.9 Å². The quantitative estimate of drug-likeness (QED) is 0.819. The molecule has 1 N–H and O–H groups in total. The van der Waals surface area contributed by atoms with Gasteiger partial charge in [-0.25, -0.2) is 0 Å². The zero-order valence-corrected chi connectivity index (χ0v) is 14.0. The van der Waals surface area contributed by atoms with Crippen molar-refractivity contribution in [3.63, 3.8) is 0 Å². The lowest BCUT2D eigenvalue weighted by Gasteiger charge is -2.46. The van der Waals surface area contributed by atoms with Gasteiger partial charge in [0.05, 0.1) is 0 Å². The van der Waals surface area contributed by atoms with Crippen LogP contribution >= 0.6 is 11.8 Å². The Morgan fingerprint density at radius 1 is 1.00 bits per heavy atom. The Morgan fingerprint density at radius 3 is 2.21 bits per heavy atom. The summed E-state index contributed by atoms with van der Waals surface area (Å²) >= 11 is 2.07. The van der Waals surface area contributed by atoms with E-state index in [2.05, 4.69) is 44.1 Å². The third-order valence-corrected chi connectivity index (χ3v) is 7.82. The molecule has 0 spiro atoms. The Morgan fingerprint density at radius 2 is 1.68 bits per heavy atom. The lowest BCUT2D eigenvalue weighted by molar-refractivity contribution is 0.0928. The van der Waals surface area contributed by atoms with Gasteiger partial charge in [0, 0.05) is 17.3 Å². The van der Waals surface area contributed by atoms with Gasteiger partial charge in [-0.1, -0.05) is 20.8 Å². The van der Waals surface area contributed by atoms with Crippen LogP contribution in [-0.2, 0) is 0 Å². The average molecular weight is 282 g/mol. The highest BCUT2D eigenvalue weighted by atomic mass is 32.2. The van der Waals surface area contributed by atoms with Crippen LogP contribution < -0.4 is 5.32 Å². The van der Waals surface area contributed by atoms with Gasteiger partial charge in [-0.15, -0.1) is 0 Å². The Labute approximate surface area is 123 Å². The van der Waals surface area contributed by atoms with Crippen molar-refractivity contribution in [3.05, 3.63) is 0 Å². The van der Waals surface area contributed by atoms with E-state index in [0.717, 1.165) is 23.3 Å². The van der Waals surface area contributed by atoms with Crippen molar-refractivity contribution in [2.24, 2.45) is 16.7 Å². The summed E-state index contributed by atoms with van der Waals surface area (Å²) in [6.07, 6.45) is 12.3. The molecule has 2 heteroatoms. The standard InChI is InChI=1S/C17H31NS/c1-16(2)12-9-10-17(3,11-12)15(16)18-13-5-7-14(19-4)8-6-13/h12-15,18H,5-11H2,1-4H3. The third kappa shape index (κ3) is 2.37. The molecule has 3 unspecified atom stereocenters. The average Bonchev–Trinajstić information content (AvgIpc) is 2.87. The SMILES string of the molecule is CSC1CCC(NC2C3(C)CCC(C3)C2(C)C)CC1. The first kappa shape index (κ1) is 14.3. The topological polar surface area (TPSA) is 12.0 Å². The van der Waals surface area contributed by atoms with Crippen LogP contribution in [-0.4, -0.2) is 23.6 Å². The lowest BCUT2D eigenvalue weighted by Crippen LogP contribution is -2.54. The van der Waals surface area contributed by atoms with Gasteiger partial charge in [-0.3, -0.25) is 0 Å². The predicted octanol–water partition coefficient (Wildman–Crippen LogP) is 4.47. The van der Waals surface area contributed by atoms with E-state index < -0.39 is 0 Å². The fraction of sp³-hybridized carbons (Fsp3) is 1.00. The lowest BCUT2D eigenvalue weighted by atomic mass is 9.68. The van der Waals surface area contributed by atoms with Crippen molar-refractivity contribution in [2.75, 3.05) is 6.26 Å². The molecule has 19 heavy (non-hydrogen) atoms. The summed E-state index contributed by atoms with van der Waals surface area (Å²) in [6, 6.07) is 1.55. The van der Waals surface area contributed by atoms with Crippen LogP contribution in [0.3, 0.4) is 0 Å². The van der Waals surface area contributed by atoms with Crippen LogP contribution in [0.15, 0.2) is 0 Å². The van der Waals surface area contributed by atoms with E-state index in [9.17, 15) is 0 Å². The molecule has 0 aromatic rings. The van der Waals surface area contributed by atoms with Crippen molar-refractivity contribution in [2.45, 2.75) is 83.1 Å². The number of hydrogen-bond acceptors (Lipinski definition) is 2. The molecule has 0 aromatic heterocycles.